The number of unbranched alkanes of at least 4 members (excludes halogenated alkanes) is 3. The first kappa shape index (κ1) is 58.5. The number of methoxy groups -OCH3 is 1. The number of ketones is 1. The molecule has 0 heterocycles. The van der Waals surface area contributed by atoms with E-state index in [-0.39, 0.29) is 32.0 Å². The highest BCUT2D eigenvalue weighted by molar-refractivity contribution is 6.06. The van der Waals surface area contributed by atoms with E-state index in [4.69, 9.17) is 18.9 Å². The van der Waals surface area contributed by atoms with Gasteiger partial charge in [0.15, 0.2) is 5.78 Å². The predicted molar refractivity (Wildman–Crippen MR) is 224 cm³/mol. The molecule has 3 aromatic carbocycles. The number of ether oxygens (including phenoxy) is 5. The number of benzene rings is 3. The normalized spacial score (nSPS) is 12.5. The van der Waals surface area contributed by atoms with Crippen LogP contribution in [0.25, 0.3) is 12.2 Å². The Labute approximate surface area is 387 Å². The first-order valence-electron chi connectivity index (χ1n) is 20.1. The van der Waals surface area contributed by atoms with Crippen molar-refractivity contribution in [2.45, 2.75) is 75.3 Å². The van der Waals surface area contributed by atoms with Gasteiger partial charge in [-0.1, -0.05) is 67.8 Å². The van der Waals surface area contributed by atoms with Gasteiger partial charge in [-0.15, -0.1) is 0 Å². The molecule has 0 aromatic heterocycles. The van der Waals surface area contributed by atoms with Crippen molar-refractivity contribution in [3.8, 4) is 11.5 Å². The van der Waals surface area contributed by atoms with Crippen LogP contribution in [0.2, 0.25) is 0 Å². The van der Waals surface area contributed by atoms with Gasteiger partial charge in [0.1, 0.15) is 24.7 Å². The number of esters is 3. The second kappa shape index (κ2) is 25.1. The van der Waals surface area contributed by atoms with Crippen LogP contribution in [-0.4, -0.2) is 87.1 Å². The smallest absolute Gasteiger partial charge is 0.460 e. The Kier molecular flexibility index (Phi) is 21.3. The highest BCUT2D eigenvalue weighted by Crippen LogP contribution is 2.62. The topological polar surface area (TPSA) is 114 Å². The van der Waals surface area contributed by atoms with Crippen LogP contribution in [0, 0.1) is 0 Å². The van der Waals surface area contributed by atoms with Gasteiger partial charge in [-0.2, -0.15) is 57.1 Å². The van der Waals surface area contributed by atoms with E-state index < -0.39 is 70.6 Å². The van der Waals surface area contributed by atoms with Crippen molar-refractivity contribution in [1.29, 1.82) is 0 Å². The summed E-state index contributed by atoms with van der Waals surface area (Å²) in [5, 5.41) is 0. The van der Waals surface area contributed by atoms with Crippen molar-refractivity contribution in [1.82, 2.24) is 0 Å². The highest BCUT2D eigenvalue weighted by atomic mass is 19.4. The van der Waals surface area contributed by atoms with E-state index in [0.717, 1.165) is 24.5 Å². The molecule has 3 rings (SSSR count). The minimum absolute atomic E-state index is 0.0737. The average molecular weight is 1000 g/mol. The molecule has 0 bridgehead atoms. The van der Waals surface area contributed by atoms with E-state index in [2.05, 4.69) is 17.9 Å². The third-order valence-corrected chi connectivity index (χ3v) is 9.09. The lowest BCUT2D eigenvalue weighted by Gasteiger charge is -2.39. The average Bonchev–Trinajstić information content (AvgIpc) is 3.29. The maximum atomic E-state index is 14.4. The van der Waals surface area contributed by atoms with Crippen molar-refractivity contribution < 1.29 is 99.9 Å². The Balaban J connectivity index is 0.000000647. The molecule has 0 saturated heterocycles. The van der Waals surface area contributed by atoms with Crippen LogP contribution < -0.4 is 9.47 Å². The molecule has 0 N–H and O–H groups in total. The molecular weight excluding hydrogens is 955 g/mol. The quantitative estimate of drug-likeness (QED) is 0.0216. The SMILES string of the molecule is C=C(C)C(=O)OCCCCCCOc1ccc(/C=C/C(=O)c2ccc(C(F)(F)C(F)(F)C(F)(F)C(F)(F)C(F)(F)C(F)(F)F)cc2)cc1.C=C(C)C(=O)OCCOc1ccc(/C=C/C(=O)OC)cc1. The maximum Gasteiger partial charge on any atom is 0.460 e. The zero-order valence-corrected chi connectivity index (χ0v) is 36.9. The van der Waals surface area contributed by atoms with Crippen LogP contribution in [0.5, 0.6) is 11.5 Å². The first-order chi connectivity index (χ1) is 31.9. The molecule has 0 atom stereocenters. The molecule has 0 aliphatic carbocycles. The zero-order valence-electron chi connectivity index (χ0n) is 36.9. The van der Waals surface area contributed by atoms with Gasteiger partial charge in [-0.25, -0.2) is 14.4 Å². The second-order valence-corrected chi connectivity index (χ2v) is 14.6. The lowest BCUT2D eigenvalue weighted by Crippen LogP contribution is -2.69. The summed E-state index contributed by atoms with van der Waals surface area (Å²) in [6.45, 7) is 11.2. The third kappa shape index (κ3) is 16.0. The van der Waals surface area contributed by atoms with Crippen LogP contribution in [-0.2, 0) is 34.5 Å². The second-order valence-electron chi connectivity index (χ2n) is 14.6. The molecule has 0 spiro atoms. The largest absolute Gasteiger partial charge is 0.494 e. The van der Waals surface area contributed by atoms with E-state index in [9.17, 15) is 76.3 Å². The van der Waals surface area contributed by atoms with Crippen LogP contribution in [0.3, 0.4) is 0 Å². The van der Waals surface area contributed by atoms with Crippen molar-refractivity contribution in [3.63, 3.8) is 0 Å². The molecule has 22 heteroatoms. The molecule has 0 aliphatic heterocycles. The molecule has 0 amide bonds. The number of halogens is 13. The fourth-order valence-corrected chi connectivity index (χ4v) is 5.10. The molecule has 0 fully saturated rings. The van der Waals surface area contributed by atoms with E-state index in [1.165, 1.54) is 31.4 Å². The Morgan fingerprint density at radius 1 is 0.507 bits per heavy atom. The number of hydrogen-bond acceptors (Lipinski definition) is 9. The summed E-state index contributed by atoms with van der Waals surface area (Å²) in [6, 6.07) is 13.9. The summed E-state index contributed by atoms with van der Waals surface area (Å²) in [5.41, 5.74) is -0.728. The fourth-order valence-electron chi connectivity index (χ4n) is 5.10. The van der Waals surface area contributed by atoms with Gasteiger partial charge in [-0.3, -0.25) is 4.79 Å². The van der Waals surface area contributed by atoms with Gasteiger partial charge in [0, 0.05) is 28.3 Å². The Hall–Kier alpha value is -6.61. The van der Waals surface area contributed by atoms with E-state index in [0.29, 0.717) is 59.8 Å². The van der Waals surface area contributed by atoms with E-state index in [1.54, 1.807) is 56.3 Å². The summed E-state index contributed by atoms with van der Waals surface area (Å²) in [6.07, 6.45) is 0.605. The molecule has 9 nitrogen and oxygen atoms in total. The summed E-state index contributed by atoms with van der Waals surface area (Å²) in [7, 11) is 1.32. The third-order valence-electron chi connectivity index (χ3n) is 9.09. The number of carbonyl (C=O) groups is 4. The minimum Gasteiger partial charge on any atom is -0.494 e. The fraction of sp³-hybridized carbons (Fsp3) is 0.362. The number of carbonyl (C=O) groups excluding carboxylic acids is 4. The number of alkyl halides is 13. The summed E-state index contributed by atoms with van der Waals surface area (Å²) in [4.78, 5) is 45.7. The lowest BCUT2D eigenvalue weighted by atomic mass is 9.90. The Bertz CT molecular complexity index is 2270. The van der Waals surface area contributed by atoms with E-state index in [1.807, 2.05) is 0 Å². The Morgan fingerprint density at radius 2 is 0.928 bits per heavy atom. The molecule has 0 unspecified atom stereocenters. The molecule has 3 aromatic rings. The summed E-state index contributed by atoms with van der Waals surface area (Å²) < 4.78 is 200. The Morgan fingerprint density at radius 3 is 1.38 bits per heavy atom. The van der Waals surface area contributed by atoms with Crippen molar-refractivity contribution >= 4 is 35.8 Å². The van der Waals surface area contributed by atoms with Gasteiger partial charge in [0.2, 0.25) is 0 Å². The van der Waals surface area contributed by atoms with Crippen LogP contribution in [0.15, 0.2) is 109 Å². The summed E-state index contributed by atoms with van der Waals surface area (Å²) in [5.74, 6) is -38.7. The van der Waals surface area contributed by atoms with Crippen LogP contribution in [0.4, 0.5) is 57.1 Å². The molecular formula is C47H45F13O9. The number of allylic oxidation sites excluding steroid dienone is 1. The van der Waals surface area contributed by atoms with Crippen molar-refractivity contribution in [2.24, 2.45) is 0 Å². The van der Waals surface area contributed by atoms with Crippen molar-refractivity contribution in [2.75, 3.05) is 33.5 Å². The van der Waals surface area contributed by atoms with E-state index >= 15 is 0 Å². The number of hydrogen-bond donors (Lipinski definition) is 0. The monoisotopic (exact) mass is 1000 g/mol. The minimum atomic E-state index is -8.00. The predicted octanol–water partition coefficient (Wildman–Crippen LogP) is 12.2. The lowest BCUT2D eigenvalue weighted by molar-refractivity contribution is -0.441. The molecule has 0 radical (unpaired) electrons. The van der Waals surface area contributed by atoms with Gasteiger partial charge < -0.3 is 23.7 Å². The molecule has 0 saturated carbocycles. The zero-order chi connectivity index (χ0) is 52.4. The first-order valence-corrected chi connectivity index (χ1v) is 20.1. The highest BCUT2D eigenvalue weighted by Gasteiger charge is 2.90. The number of rotatable bonds is 24. The summed E-state index contributed by atoms with van der Waals surface area (Å²) >= 11 is 0. The van der Waals surface area contributed by atoms with Crippen LogP contribution >= 0.6 is 0 Å². The van der Waals surface area contributed by atoms with Gasteiger partial charge in [-0.05, 0) is 87.1 Å². The van der Waals surface area contributed by atoms with Gasteiger partial charge >= 0.3 is 53.7 Å². The van der Waals surface area contributed by atoms with Gasteiger partial charge in [0.05, 0.1) is 20.3 Å². The molecule has 378 valence electrons. The maximum absolute atomic E-state index is 14.4. The van der Waals surface area contributed by atoms with Crippen molar-refractivity contribution in [3.05, 3.63) is 132 Å². The molecule has 0 aliphatic rings. The standard InChI is InChI=1S/C31H27F13O4.C16H18O5/c1-19(2)25(46)48-18-6-4-3-5-17-47-23-14-7-20(8-15-23)9-16-24(45)21-10-12-22(13-11-21)26(32,33)27(34,35)28(36,37)29(38,39)30(40,41)31(42,43)44;1-12(2)16(18)21-11-10-20-14-7-4-13(5-8-14)6-9-15(17)19-3/h7-16H,1,3-6,17-18H2,2H3;4-9H,1,10-11H2,2-3H3/b16-9+;9-6+. The van der Waals surface area contributed by atoms with Gasteiger partial charge in [0.25, 0.3) is 0 Å². The molecule has 69 heavy (non-hydrogen) atoms. The van der Waals surface area contributed by atoms with Crippen LogP contribution in [0.1, 0.15) is 66.6 Å².